The van der Waals surface area contributed by atoms with E-state index in [9.17, 15) is 0 Å². The molecule has 0 unspecified atom stereocenters. The average molecular weight is 224 g/mol. The molecule has 0 aliphatic carbocycles. The molecule has 1 heteroatoms. The molecular formula is C15H16Si. The van der Waals surface area contributed by atoms with Crippen LogP contribution in [0.1, 0.15) is 19.4 Å². The predicted octanol–water partition coefficient (Wildman–Crippen LogP) is 2.95. The summed E-state index contributed by atoms with van der Waals surface area (Å²) in [7, 11) is 0.809. The standard InChI is InChI=1S/C15H16Si/c1-15(2,13-9-5-3-6-10-13)16-14-11-7-4-8-12-14/h3-12H,1-2H3. The zero-order chi connectivity index (χ0) is 11.4. The van der Waals surface area contributed by atoms with Crippen molar-refractivity contribution in [2.75, 3.05) is 0 Å². The summed E-state index contributed by atoms with van der Waals surface area (Å²) in [5.41, 5.74) is 1.41. The largest absolute Gasteiger partial charge is 0.0924 e. The minimum atomic E-state index is 0.225. The Labute approximate surface area is 100 Å². The summed E-state index contributed by atoms with van der Waals surface area (Å²) in [4.78, 5) is 0. The first-order valence-electron chi connectivity index (χ1n) is 5.57. The van der Waals surface area contributed by atoms with Gasteiger partial charge in [0.05, 0.1) is 9.52 Å². The number of rotatable bonds is 3. The van der Waals surface area contributed by atoms with Crippen LogP contribution >= 0.6 is 0 Å². The third-order valence-corrected chi connectivity index (χ3v) is 4.26. The van der Waals surface area contributed by atoms with Crippen molar-refractivity contribution in [2.45, 2.75) is 18.9 Å². The molecule has 0 saturated carbocycles. The van der Waals surface area contributed by atoms with Gasteiger partial charge in [-0.3, -0.25) is 0 Å². The van der Waals surface area contributed by atoms with Gasteiger partial charge in [0.25, 0.3) is 0 Å². The molecule has 2 aromatic carbocycles. The van der Waals surface area contributed by atoms with Gasteiger partial charge < -0.3 is 0 Å². The van der Waals surface area contributed by atoms with E-state index in [1.54, 1.807) is 0 Å². The number of benzene rings is 2. The van der Waals surface area contributed by atoms with E-state index in [1.165, 1.54) is 10.8 Å². The molecule has 0 aliphatic heterocycles. The molecule has 80 valence electrons. The van der Waals surface area contributed by atoms with E-state index in [4.69, 9.17) is 0 Å². The van der Waals surface area contributed by atoms with Crippen molar-refractivity contribution in [1.82, 2.24) is 0 Å². The fourth-order valence-electron chi connectivity index (χ4n) is 1.81. The zero-order valence-corrected chi connectivity index (χ0v) is 10.8. The van der Waals surface area contributed by atoms with Gasteiger partial charge in [0.1, 0.15) is 0 Å². The molecule has 0 atom stereocenters. The van der Waals surface area contributed by atoms with Crippen molar-refractivity contribution in [3.8, 4) is 0 Å². The van der Waals surface area contributed by atoms with Crippen molar-refractivity contribution >= 4 is 14.7 Å². The number of hydrogen-bond acceptors (Lipinski definition) is 0. The molecular weight excluding hydrogens is 208 g/mol. The van der Waals surface area contributed by atoms with Crippen LogP contribution in [0.3, 0.4) is 0 Å². The minimum Gasteiger partial charge on any atom is -0.0635 e. The molecule has 0 N–H and O–H groups in total. The molecule has 0 fully saturated rings. The van der Waals surface area contributed by atoms with Crippen LogP contribution in [0.15, 0.2) is 60.7 Å². The highest BCUT2D eigenvalue weighted by Crippen LogP contribution is 2.20. The topological polar surface area (TPSA) is 0 Å². The molecule has 0 nitrogen and oxygen atoms in total. The van der Waals surface area contributed by atoms with Gasteiger partial charge in [0, 0.05) is 0 Å². The molecule has 0 aromatic heterocycles. The Bertz CT molecular complexity index is 432. The molecule has 0 heterocycles. The second-order valence-electron chi connectivity index (χ2n) is 4.48. The molecule has 2 rings (SSSR count). The lowest BCUT2D eigenvalue weighted by Crippen LogP contribution is -2.34. The SMILES string of the molecule is CC(C)([Si]c1ccccc1)c1ccccc1. The van der Waals surface area contributed by atoms with Gasteiger partial charge in [-0.1, -0.05) is 79.7 Å². The van der Waals surface area contributed by atoms with Crippen LogP contribution in [0.25, 0.3) is 0 Å². The first kappa shape index (κ1) is 11.2. The van der Waals surface area contributed by atoms with Crippen molar-refractivity contribution in [2.24, 2.45) is 0 Å². The summed E-state index contributed by atoms with van der Waals surface area (Å²) in [6, 6.07) is 21.5. The second kappa shape index (κ2) is 4.66. The van der Waals surface area contributed by atoms with Gasteiger partial charge in [0.2, 0.25) is 0 Å². The third-order valence-electron chi connectivity index (χ3n) is 2.73. The van der Waals surface area contributed by atoms with Gasteiger partial charge in [-0.25, -0.2) is 0 Å². The Morgan fingerprint density at radius 1 is 0.750 bits per heavy atom. The smallest absolute Gasteiger partial charge is 0.0635 e. The van der Waals surface area contributed by atoms with E-state index in [0.29, 0.717) is 0 Å². The van der Waals surface area contributed by atoms with Crippen molar-refractivity contribution in [3.63, 3.8) is 0 Å². The number of hydrogen-bond donors (Lipinski definition) is 0. The zero-order valence-electron chi connectivity index (χ0n) is 9.77. The lowest BCUT2D eigenvalue weighted by atomic mass is 10.0. The Morgan fingerprint density at radius 3 is 1.81 bits per heavy atom. The molecule has 0 aliphatic rings. The van der Waals surface area contributed by atoms with Gasteiger partial charge in [-0.2, -0.15) is 0 Å². The van der Waals surface area contributed by atoms with Crippen LogP contribution < -0.4 is 5.19 Å². The Hall–Kier alpha value is -1.34. The van der Waals surface area contributed by atoms with E-state index in [-0.39, 0.29) is 5.04 Å². The lowest BCUT2D eigenvalue weighted by molar-refractivity contribution is 0.756. The molecule has 2 aromatic rings. The highest BCUT2D eigenvalue weighted by Gasteiger charge is 2.21. The van der Waals surface area contributed by atoms with Crippen molar-refractivity contribution in [1.29, 1.82) is 0 Å². The normalized spacial score (nSPS) is 11.4. The van der Waals surface area contributed by atoms with Gasteiger partial charge >= 0.3 is 0 Å². The van der Waals surface area contributed by atoms with Crippen molar-refractivity contribution in [3.05, 3.63) is 66.2 Å². The molecule has 0 spiro atoms. The Balaban J connectivity index is 2.21. The maximum absolute atomic E-state index is 2.31. The summed E-state index contributed by atoms with van der Waals surface area (Å²) in [6.45, 7) is 4.63. The van der Waals surface area contributed by atoms with E-state index in [0.717, 1.165) is 9.52 Å². The lowest BCUT2D eigenvalue weighted by Gasteiger charge is -2.24. The summed E-state index contributed by atoms with van der Waals surface area (Å²) in [5, 5.41) is 1.65. The van der Waals surface area contributed by atoms with E-state index < -0.39 is 0 Å². The maximum atomic E-state index is 2.31. The second-order valence-corrected chi connectivity index (χ2v) is 6.56. The van der Waals surface area contributed by atoms with Gasteiger partial charge in [0.15, 0.2) is 0 Å². The maximum Gasteiger partial charge on any atom is 0.0924 e. The molecule has 16 heavy (non-hydrogen) atoms. The van der Waals surface area contributed by atoms with Crippen LogP contribution in [-0.4, -0.2) is 9.52 Å². The van der Waals surface area contributed by atoms with Crippen LogP contribution in [0, 0.1) is 0 Å². The van der Waals surface area contributed by atoms with E-state index in [2.05, 4.69) is 74.5 Å². The van der Waals surface area contributed by atoms with Crippen LogP contribution in [-0.2, 0) is 5.04 Å². The summed E-state index contributed by atoms with van der Waals surface area (Å²) >= 11 is 0. The van der Waals surface area contributed by atoms with Gasteiger partial charge in [-0.05, 0) is 10.6 Å². The van der Waals surface area contributed by atoms with E-state index in [1.807, 2.05) is 0 Å². The molecule has 0 bridgehead atoms. The third kappa shape index (κ3) is 2.61. The summed E-state index contributed by atoms with van der Waals surface area (Å²) in [5.74, 6) is 0. The highest BCUT2D eigenvalue weighted by atomic mass is 28.2. The van der Waals surface area contributed by atoms with Gasteiger partial charge in [-0.15, -0.1) is 0 Å². The van der Waals surface area contributed by atoms with Crippen LogP contribution in [0.4, 0.5) is 0 Å². The summed E-state index contributed by atoms with van der Waals surface area (Å²) < 4.78 is 0. The fourth-order valence-corrected chi connectivity index (χ4v) is 3.20. The molecule has 0 amide bonds. The summed E-state index contributed by atoms with van der Waals surface area (Å²) in [6.07, 6.45) is 0. The molecule has 2 radical (unpaired) electrons. The fraction of sp³-hybridized carbons (Fsp3) is 0.200. The predicted molar refractivity (Wildman–Crippen MR) is 71.3 cm³/mol. The van der Waals surface area contributed by atoms with Crippen LogP contribution in [0.2, 0.25) is 0 Å². The van der Waals surface area contributed by atoms with E-state index >= 15 is 0 Å². The quantitative estimate of drug-likeness (QED) is 0.703. The average Bonchev–Trinajstić information content (AvgIpc) is 2.31. The first-order valence-corrected chi connectivity index (χ1v) is 6.57. The Kier molecular flexibility index (Phi) is 3.25. The minimum absolute atomic E-state index is 0.225. The first-order chi connectivity index (χ1) is 7.68. The highest BCUT2D eigenvalue weighted by molar-refractivity contribution is 6.56. The van der Waals surface area contributed by atoms with Crippen molar-refractivity contribution < 1.29 is 0 Å². The molecule has 0 saturated heterocycles. The Morgan fingerprint density at radius 2 is 1.25 bits per heavy atom. The van der Waals surface area contributed by atoms with Crippen LogP contribution in [0.5, 0.6) is 0 Å². The monoisotopic (exact) mass is 224 g/mol.